The van der Waals surface area contributed by atoms with Gasteiger partial charge in [0.15, 0.2) is 0 Å². The molecule has 0 fully saturated rings. The normalized spacial score (nSPS) is 12.6. The van der Waals surface area contributed by atoms with Gasteiger partial charge in [-0.05, 0) is 70.3 Å². The molecular weight excluding hydrogens is 673 g/mol. The fourth-order valence-electron chi connectivity index (χ4n) is 9.20. The summed E-state index contributed by atoms with van der Waals surface area (Å²) in [5.41, 5.74) is 11.4. The van der Waals surface area contributed by atoms with E-state index in [1.54, 1.807) is 6.07 Å². The summed E-state index contributed by atoms with van der Waals surface area (Å²) >= 11 is 0. The van der Waals surface area contributed by atoms with Crippen LogP contribution < -0.4 is 0 Å². The molecule has 9 aromatic rings. The Morgan fingerprint density at radius 1 is 0.491 bits per heavy atom. The highest BCUT2D eigenvalue weighted by Crippen LogP contribution is 2.54. The molecule has 10 rings (SSSR count). The largest absolute Gasteiger partial charge is 0.308 e. The Morgan fingerprint density at radius 2 is 1.09 bits per heavy atom. The minimum absolute atomic E-state index is 0.119. The highest BCUT2D eigenvalue weighted by Gasteiger charge is 2.38. The molecule has 0 saturated heterocycles. The third-order valence-corrected chi connectivity index (χ3v) is 11.5. The topological polar surface area (TPSA) is 105 Å². The van der Waals surface area contributed by atoms with E-state index in [2.05, 4.69) is 102 Å². The quantitative estimate of drug-likeness (QED) is 0.183. The maximum absolute atomic E-state index is 10.9. The predicted molar refractivity (Wildman–Crippen MR) is 217 cm³/mol. The van der Waals surface area contributed by atoms with Crippen LogP contribution in [0.1, 0.15) is 47.2 Å². The van der Waals surface area contributed by atoms with Crippen LogP contribution in [0.15, 0.2) is 133 Å². The van der Waals surface area contributed by atoms with Gasteiger partial charge in [0.1, 0.15) is 18.2 Å². The van der Waals surface area contributed by atoms with Gasteiger partial charge in [-0.15, -0.1) is 0 Å². The fourth-order valence-corrected chi connectivity index (χ4v) is 9.20. The molecule has 0 radical (unpaired) electrons. The van der Waals surface area contributed by atoms with Crippen molar-refractivity contribution in [2.24, 2.45) is 0 Å². The minimum atomic E-state index is -0.321. The third kappa shape index (κ3) is 4.20. The summed E-state index contributed by atoms with van der Waals surface area (Å²) in [5.74, 6) is 0. The van der Waals surface area contributed by atoms with Gasteiger partial charge in [0.05, 0.1) is 61.8 Å². The lowest BCUT2D eigenvalue weighted by atomic mass is 9.80. The Bertz CT molecular complexity index is 3290. The monoisotopic (exact) mass is 700 g/mol. The molecule has 0 saturated carbocycles. The van der Waals surface area contributed by atoms with Crippen molar-refractivity contribution in [1.82, 2.24) is 9.13 Å². The van der Waals surface area contributed by atoms with Gasteiger partial charge >= 0.3 is 0 Å². The number of rotatable bonds is 3. The zero-order valence-corrected chi connectivity index (χ0v) is 29.9. The van der Waals surface area contributed by atoms with E-state index in [-0.39, 0.29) is 22.1 Å². The van der Waals surface area contributed by atoms with E-state index in [9.17, 15) is 21.0 Å². The number of nitrogens with zero attached hydrogens (tertiary/aromatic N) is 6. The zero-order chi connectivity index (χ0) is 37.6. The molecule has 6 heteroatoms. The van der Waals surface area contributed by atoms with Gasteiger partial charge in [0.25, 0.3) is 0 Å². The van der Waals surface area contributed by atoms with E-state index in [0.29, 0.717) is 28.1 Å². The standard InChI is InChI=1S/C49H28N6/c1-49(2)39-15-7-3-11-33(39)36-21-22-43-46(47(36)49)37-14-6-10-18-42(37)55(43)48-38(28-53)31(26-51)23-32(27-52)45(48)29-19-20-30(25-50)44(24-29)54-40-16-8-4-12-34(40)35-13-5-9-17-41(35)54/h3-24H,1-2H3. The van der Waals surface area contributed by atoms with Gasteiger partial charge in [0.2, 0.25) is 0 Å². The molecule has 55 heavy (non-hydrogen) atoms. The van der Waals surface area contributed by atoms with E-state index < -0.39 is 0 Å². The van der Waals surface area contributed by atoms with E-state index in [1.165, 1.54) is 28.3 Å². The van der Waals surface area contributed by atoms with E-state index in [1.807, 2.05) is 66.7 Å². The van der Waals surface area contributed by atoms with Crippen molar-refractivity contribution in [3.8, 4) is 57.9 Å². The maximum Gasteiger partial charge on any atom is 0.103 e. The molecule has 2 aromatic heterocycles. The summed E-state index contributed by atoms with van der Waals surface area (Å²) in [4.78, 5) is 0. The second-order valence-corrected chi connectivity index (χ2v) is 14.5. The van der Waals surface area contributed by atoms with E-state index in [0.717, 1.165) is 43.6 Å². The molecule has 0 amide bonds. The Morgan fingerprint density at radius 3 is 1.75 bits per heavy atom. The van der Waals surface area contributed by atoms with Crippen LogP contribution in [0, 0.1) is 45.3 Å². The second kappa shape index (κ2) is 11.6. The molecule has 0 unspecified atom stereocenters. The Balaban J connectivity index is 1.35. The lowest BCUT2D eigenvalue weighted by molar-refractivity contribution is 0.666. The van der Waals surface area contributed by atoms with Crippen LogP contribution in [0.5, 0.6) is 0 Å². The number of nitriles is 4. The van der Waals surface area contributed by atoms with Gasteiger partial charge in [-0.2, -0.15) is 21.0 Å². The van der Waals surface area contributed by atoms with Crippen molar-refractivity contribution in [2.45, 2.75) is 19.3 Å². The highest BCUT2D eigenvalue weighted by atomic mass is 15.0. The Labute approximate surface area is 316 Å². The smallest absolute Gasteiger partial charge is 0.103 e. The molecular formula is C49H28N6. The average Bonchev–Trinajstić information content (AvgIpc) is 3.82. The SMILES string of the molecule is CC1(C)c2ccccc2-c2ccc3c(c21)c1ccccc1n3-c1c(C#N)c(C#N)cc(C#N)c1-c1ccc(C#N)c(-n2c3ccccc3c3ccccc32)c1. The van der Waals surface area contributed by atoms with Crippen LogP contribution in [0.4, 0.5) is 0 Å². The number of hydrogen-bond donors (Lipinski definition) is 0. The van der Waals surface area contributed by atoms with E-state index in [4.69, 9.17) is 0 Å². The molecule has 0 N–H and O–H groups in total. The summed E-state index contributed by atoms with van der Waals surface area (Å²) in [7, 11) is 0. The third-order valence-electron chi connectivity index (χ3n) is 11.5. The number of hydrogen-bond acceptors (Lipinski definition) is 4. The first-order valence-corrected chi connectivity index (χ1v) is 18.0. The minimum Gasteiger partial charge on any atom is -0.308 e. The molecule has 0 bridgehead atoms. The van der Waals surface area contributed by atoms with Gasteiger partial charge in [-0.25, -0.2) is 0 Å². The summed E-state index contributed by atoms with van der Waals surface area (Å²) in [6.07, 6.45) is 0. The van der Waals surface area contributed by atoms with Crippen molar-refractivity contribution in [3.05, 3.63) is 167 Å². The zero-order valence-electron chi connectivity index (χ0n) is 29.9. The van der Waals surface area contributed by atoms with Gasteiger partial charge in [0, 0.05) is 32.5 Å². The lowest BCUT2D eigenvalue weighted by Crippen LogP contribution is -2.15. The molecule has 0 aliphatic heterocycles. The predicted octanol–water partition coefficient (Wildman–Crippen LogP) is 11.3. The van der Waals surface area contributed by atoms with Crippen LogP contribution >= 0.6 is 0 Å². The molecule has 0 spiro atoms. The van der Waals surface area contributed by atoms with Crippen molar-refractivity contribution in [3.63, 3.8) is 0 Å². The van der Waals surface area contributed by atoms with Crippen LogP contribution in [0.3, 0.4) is 0 Å². The summed E-state index contributed by atoms with van der Waals surface area (Å²) in [5, 5.41) is 46.9. The van der Waals surface area contributed by atoms with E-state index >= 15 is 0 Å². The van der Waals surface area contributed by atoms with Crippen molar-refractivity contribution in [2.75, 3.05) is 0 Å². The number of para-hydroxylation sites is 3. The molecule has 254 valence electrons. The maximum atomic E-state index is 10.9. The van der Waals surface area contributed by atoms with Crippen LogP contribution in [-0.2, 0) is 5.41 Å². The number of benzene rings is 7. The molecule has 7 aromatic carbocycles. The molecule has 2 heterocycles. The van der Waals surface area contributed by atoms with Gasteiger partial charge in [-0.3, -0.25) is 0 Å². The summed E-state index contributed by atoms with van der Waals surface area (Å²) in [6.45, 7) is 4.51. The van der Waals surface area contributed by atoms with Crippen molar-refractivity contribution >= 4 is 43.6 Å². The first-order chi connectivity index (χ1) is 26.9. The average molecular weight is 701 g/mol. The van der Waals surface area contributed by atoms with Gasteiger partial charge in [-0.1, -0.05) is 105 Å². The lowest BCUT2D eigenvalue weighted by Gasteiger charge is -2.23. The number of fused-ring (bicyclic) bond motifs is 10. The van der Waals surface area contributed by atoms with Crippen LogP contribution in [0.25, 0.3) is 77.2 Å². The Hall–Kier alpha value is -7.90. The molecule has 6 nitrogen and oxygen atoms in total. The fraction of sp³-hybridized carbons (Fsp3) is 0.0612. The first-order valence-electron chi connectivity index (χ1n) is 18.0. The molecule has 1 aliphatic rings. The highest BCUT2D eigenvalue weighted by molar-refractivity contribution is 6.15. The number of aromatic nitrogens is 2. The summed E-state index contributed by atoms with van der Waals surface area (Å²) in [6, 6.07) is 53.6. The second-order valence-electron chi connectivity index (χ2n) is 14.5. The van der Waals surface area contributed by atoms with Crippen LogP contribution in [-0.4, -0.2) is 9.13 Å². The van der Waals surface area contributed by atoms with Gasteiger partial charge < -0.3 is 9.13 Å². The molecule has 0 atom stereocenters. The summed E-state index contributed by atoms with van der Waals surface area (Å²) < 4.78 is 4.16. The van der Waals surface area contributed by atoms with Crippen LogP contribution in [0.2, 0.25) is 0 Å². The first kappa shape index (κ1) is 31.8. The van der Waals surface area contributed by atoms with Crippen molar-refractivity contribution < 1.29 is 0 Å². The molecule has 1 aliphatic carbocycles. The van der Waals surface area contributed by atoms with Crippen molar-refractivity contribution in [1.29, 1.82) is 21.0 Å². The Kier molecular flexibility index (Phi) is 6.68.